The van der Waals surface area contributed by atoms with Gasteiger partial charge in [0.2, 0.25) is 5.95 Å². The number of hydrogen-bond donors (Lipinski definition) is 1. The van der Waals surface area contributed by atoms with E-state index in [2.05, 4.69) is 15.4 Å². The molecule has 4 rings (SSSR count). The van der Waals surface area contributed by atoms with Crippen molar-refractivity contribution in [2.75, 3.05) is 19.0 Å². The number of fused-ring (bicyclic) bond motifs is 1. The smallest absolute Gasteiger partial charge is 0.338 e. The van der Waals surface area contributed by atoms with E-state index in [4.69, 9.17) is 37.4 Å². The molecule has 1 aromatic heterocycles. The Morgan fingerprint density at radius 2 is 1.94 bits per heavy atom. The molecular weight excluding hydrogens is 479 g/mol. The number of esters is 1. The number of halogens is 2. The Morgan fingerprint density at radius 1 is 1.18 bits per heavy atom. The second-order valence-electron chi connectivity index (χ2n) is 7.63. The number of carbonyl (C=O) groups excluding carboxylic acids is 1. The fourth-order valence-electron chi connectivity index (χ4n) is 3.73. The van der Waals surface area contributed by atoms with Gasteiger partial charge in [0.25, 0.3) is 0 Å². The lowest BCUT2D eigenvalue weighted by atomic mass is 9.95. The molecule has 1 aliphatic heterocycles. The number of rotatable bonds is 8. The lowest BCUT2D eigenvalue weighted by Gasteiger charge is -2.28. The average Bonchev–Trinajstić information content (AvgIpc) is 3.29. The van der Waals surface area contributed by atoms with E-state index in [0.29, 0.717) is 50.9 Å². The molecule has 0 spiro atoms. The van der Waals surface area contributed by atoms with Crippen molar-refractivity contribution in [2.45, 2.75) is 32.9 Å². The number of benzene rings is 2. The fourth-order valence-corrected chi connectivity index (χ4v) is 4.24. The van der Waals surface area contributed by atoms with Crippen LogP contribution in [0.2, 0.25) is 10.0 Å². The summed E-state index contributed by atoms with van der Waals surface area (Å²) in [5.41, 5.74) is 2.54. The highest BCUT2D eigenvalue weighted by molar-refractivity contribution is 6.35. The van der Waals surface area contributed by atoms with Crippen LogP contribution in [0.15, 0.2) is 54.0 Å². The average molecular weight is 503 g/mol. The van der Waals surface area contributed by atoms with E-state index in [1.807, 2.05) is 26.0 Å². The molecule has 0 bridgehead atoms. The van der Waals surface area contributed by atoms with Gasteiger partial charge in [-0.25, -0.2) is 9.48 Å². The Hall–Kier alpha value is -3.23. The van der Waals surface area contributed by atoms with Crippen LogP contribution in [0, 0.1) is 0 Å². The lowest BCUT2D eigenvalue weighted by Crippen LogP contribution is -2.29. The number of carbonyl (C=O) groups is 1. The number of nitrogens with zero attached hydrogens (tertiary/aromatic N) is 3. The SMILES string of the molecule is CCCOC(=O)C1=C(C)Nc2ncnn2C1c1ccc(OCc2c(Cl)cccc2Cl)c(OC)c1. The van der Waals surface area contributed by atoms with Crippen LogP contribution in [-0.2, 0) is 16.1 Å². The van der Waals surface area contributed by atoms with Gasteiger partial charge in [-0.3, -0.25) is 0 Å². The topological polar surface area (TPSA) is 87.5 Å². The lowest BCUT2D eigenvalue weighted by molar-refractivity contribution is -0.139. The van der Waals surface area contributed by atoms with E-state index in [1.54, 1.807) is 36.1 Å². The molecule has 2 aromatic carbocycles. The van der Waals surface area contributed by atoms with Gasteiger partial charge in [0.05, 0.1) is 19.3 Å². The van der Waals surface area contributed by atoms with Crippen LogP contribution in [-0.4, -0.2) is 34.5 Å². The molecule has 1 N–H and O–H groups in total. The molecule has 0 saturated carbocycles. The molecule has 178 valence electrons. The Balaban J connectivity index is 1.68. The maximum Gasteiger partial charge on any atom is 0.338 e. The molecular formula is C24H24Cl2N4O4. The quantitative estimate of drug-likeness (QED) is 0.411. The number of allylic oxidation sites excluding steroid dienone is 1. The van der Waals surface area contributed by atoms with Gasteiger partial charge < -0.3 is 19.5 Å². The van der Waals surface area contributed by atoms with Gasteiger partial charge in [0, 0.05) is 21.3 Å². The first-order valence-corrected chi connectivity index (χ1v) is 11.5. The van der Waals surface area contributed by atoms with Crippen LogP contribution in [0.3, 0.4) is 0 Å². The number of methoxy groups -OCH3 is 1. The van der Waals surface area contributed by atoms with Gasteiger partial charge in [0.15, 0.2) is 11.5 Å². The van der Waals surface area contributed by atoms with E-state index >= 15 is 0 Å². The van der Waals surface area contributed by atoms with Crippen molar-refractivity contribution in [3.63, 3.8) is 0 Å². The molecule has 0 radical (unpaired) electrons. The fraction of sp³-hybridized carbons (Fsp3) is 0.292. The van der Waals surface area contributed by atoms with E-state index in [1.165, 1.54) is 6.33 Å². The highest BCUT2D eigenvalue weighted by Gasteiger charge is 2.34. The number of anilines is 1. The van der Waals surface area contributed by atoms with Gasteiger partial charge >= 0.3 is 5.97 Å². The summed E-state index contributed by atoms with van der Waals surface area (Å²) in [5, 5.41) is 8.50. The standard InChI is InChI=1S/C24H24Cl2N4O4/c1-4-10-33-23(31)21-14(2)29-24-27-13-28-30(24)22(21)15-8-9-19(20(11-15)32-3)34-12-16-17(25)6-5-7-18(16)26/h5-9,11,13,22H,4,10,12H2,1-3H3,(H,27,28,29). The van der Waals surface area contributed by atoms with Crippen LogP contribution in [0.5, 0.6) is 11.5 Å². The van der Waals surface area contributed by atoms with Gasteiger partial charge in [-0.05, 0) is 43.2 Å². The summed E-state index contributed by atoms with van der Waals surface area (Å²) >= 11 is 12.5. The summed E-state index contributed by atoms with van der Waals surface area (Å²) in [6, 6.07) is 10.2. The monoisotopic (exact) mass is 502 g/mol. The minimum atomic E-state index is -0.552. The summed E-state index contributed by atoms with van der Waals surface area (Å²) in [7, 11) is 1.55. The summed E-state index contributed by atoms with van der Waals surface area (Å²) in [6.07, 6.45) is 2.16. The van der Waals surface area contributed by atoms with Crippen molar-refractivity contribution >= 4 is 35.1 Å². The molecule has 0 fully saturated rings. The zero-order valence-corrected chi connectivity index (χ0v) is 20.5. The first-order chi connectivity index (χ1) is 16.4. The Kier molecular flexibility index (Phi) is 7.29. The molecule has 1 unspecified atom stereocenters. The van der Waals surface area contributed by atoms with Gasteiger partial charge in [-0.15, -0.1) is 0 Å². The highest BCUT2D eigenvalue weighted by Crippen LogP contribution is 2.39. The second kappa shape index (κ2) is 10.4. The molecule has 3 aromatic rings. The van der Waals surface area contributed by atoms with Gasteiger partial charge in [-0.2, -0.15) is 10.1 Å². The number of aromatic nitrogens is 3. The molecule has 0 saturated heterocycles. The summed E-state index contributed by atoms with van der Waals surface area (Å²) < 4.78 is 18.7. The molecule has 34 heavy (non-hydrogen) atoms. The number of nitrogens with one attached hydrogen (secondary N) is 1. The maximum absolute atomic E-state index is 13.0. The zero-order chi connectivity index (χ0) is 24.2. The minimum Gasteiger partial charge on any atom is -0.493 e. The summed E-state index contributed by atoms with van der Waals surface area (Å²) in [4.78, 5) is 17.2. The van der Waals surface area contributed by atoms with E-state index < -0.39 is 12.0 Å². The van der Waals surface area contributed by atoms with Crippen molar-refractivity contribution in [3.05, 3.63) is 75.2 Å². The van der Waals surface area contributed by atoms with E-state index in [0.717, 1.165) is 12.0 Å². The molecule has 0 amide bonds. The third kappa shape index (κ3) is 4.69. The Morgan fingerprint density at radius 3 is 2.65 bits per heavy atom. The van der Waals surface area contributed by atoms with Crippen molar-refractivity contribution in [3.8, 4) is 11.5 Å². The first kappa shape index (κ1) is 23.9. The normalized spacial score (nSPS) is 14.9. The molecule has 1 atom stereocenters. The second-order valence-corrected chi connectivity index (χ2v) is 8.44. The van der Waals surface area contributed by atoms with Crippen LogP contribution in [0.1, 0.15) is 37.4 Å². The number of ether oxygens (including phenoxy) is 3. The highest BCUT2D eigenvalue weighted by atomic mass is 35.5. The Bertz CT molecular complexity index is 1220. The van der Waals surface area contributed by atoms with Crippen LogP contribution >= 0.6 is 23.2 Å². The maximum atomic E-state index is 13.0. The van der Waals surface area contributed by atoms with Gasteiger partial charge in [0.1, 0.15) is 19.0 Å². The summed E-state index contributed by atoms with van der Waals surface area (Å²) in [6.45, 7) is 4.26. The molecule has 1 aliphatic rings. The van der Waals surface area contributed by atoms with Crippen LogP contribution in [0.4, 0.5) is 5.95 Å². The zero-order valence-electron chi connectivity index (χ0n) is 19.0. The van der Waals surface area contributed by atoms with Crippen molar-refractivity contribution < 1.29 is 19.0 Å². The van der Waals surface area contributed by atoms with E-state index in [9.17, 15) is 4.79 Å². The molecule has 2 heterocycles. The van der Waals surface area contributed by atoms with Crippen molar-refractivity contribution in [2.24, 2.45) is 0 Å². The van der Waals surface area contributed by atoms with Gasteiger partial charge in [-0.1, -0.05) is 42.3 Å². The first-order valence-electron chi connectivity index (χ1n) is 10.7. The van der Waals surface area contributed by atoms with Crippen molar-refractivity contribution in [1.82, 2.24) is 14.8 Å². The largest absolute Gasteiger partial charge is 0.493 e. The van der Waals surface area contributed by atoms with Crippen LogP contribution in [0.25, 0.3) is 0 Å². The van der Waals surface area contributed by atoms with E-state index in [-0.39, 0.29) is 6.61 Å². The minimum absolute atomic E-state index is 0.169. The predicted octanol–water partition coefficient (Wildman–Crippen LogP) is 5.41. The van der Waals surface area contributed by atoms with Crippen LogP contribution < -0.4 is 14.8 Å². The molecule has 10 heteroatoms. The number of hydrogen-bond acceptors (Lipinski definition) is 7. The molecule has 0 aliphatic carbocycles. The molecule has 8 nitrogen and oxygen atoms in total. The predicted molar refractivity (Wildman–Crippen MR) is 130 cm³/mol. The Labute approximate surface area is 207 Å². The third-order valence-corrected chi connectivity index (χ3v) is 6.10. The van der Waals surface area contributed by atoms with Crippen molar-refractivity contribution in [1.29, 1.82) is 0 Å². The summed E-state index contributed by atoms with van der Waals surface area (Å²) in [5.74, 6) is 1.11. The third-order valence-electron chi connectivity index (χ3n) is 5.39.